The van der Waals surface area contributed by atoms with E-state index in [2.05, 4.69) is 16.0 Å². The lowest BCUT2D eigenvalue weighted by Crippen LogP contribution is -2.36. The molecule has 5 heteroatoms. The molecule has 0 saturated heterocycles. The first kappa shape index (κ1) is 15.6. The summed E-state index contributed by atoms with van der Waals surface area (Å²) in [5, 5.41) is 1.01. The molecule has 1 aliphatic rings. The van der Waals surface area contributed by atoms with Crippen molar-refractivity contribution in [1.29, 1.82) is 0 Å². The molecule has 0 spiro atoms. The number of pyridine rings is 2. The zero-order valence-corrected chi connectivity index (χ0v) is 14.1. The van der Waals surface area contributed by atoms with Gasteiger partial charge in [-0.1, -0.05) is 0 Å². The van der Waals surface area contributed by atoms with Gasteiger partial charge in [-0.2, -0.15) is 0 Å². The van der Waals surface area contributed by atoms with Crippen molar-refractivity contribution < 1.29 is 9.53 Å². The van der Waals surface area contributed by atoms with Crippen molar-refractivity contribution >= 4 is 16.9 Å². The number of nitrogens with zero attached hydrogens (tertiary/aromatic N) is 3. The average Bonchev–Trinajstić information content (AvgIpc) is 2.66. The Bertz CT molecular complexity index is 922. The highest BCUT2D eigenvalue weighted by molar-refractivity contribution is 5.94. The number of amides is 1. The van der Waals surface area contributed by atoms with Crippen molar-refractivity contribution in [2.45, 2.75) is 19.9 Å². The maximum Gasteiger partial charge on any atom is 0.254 e. The third-order valence-electron chi connectivity index (χ3n) is 4.44. The molecule has 2 aromatic heterocycles. The number of aromatic nitrogens is 2. The molecule has 1 aliphatic heterocycles. The highest BCUT2D eigenvalue weighted by Crippen LogP contribution is 2.23. The van der Waals surface area contributed by atoms with Crippen LogP contribution in [0.3, 0.4) is 0 Å². The van der Waals surface area contributed by atoms with Gasteiger partial charge in [0.15, 0.2) is 5.65 Å². The summed E-state index contributed by atoms with van der Waals surface area (Å²) in [5.74, 6) is 0.825. The summed E-state index contributed by atoms with van der Waals surface area (Å²) in [5.41, 5.74) is 3.60. The summed E-state index contributed by atoms with van der Waals surface area (Å²) in [6.45, 7) is 3.81. The van der Waals surface area contributed by atoms with E-state index in [9.17, 15) is 4.79 Å². The van der Waals surface area contributed by atoms with Gasteiger partial charge in [-0.15, -0.1) is 0 Å². The van der Waals surface area contributed by atoms with Crippen LogP contribution in [0, 0.1) is 0 Å². The fourth-order valence-corrected chi connectivity index (χ4v) is 3.18. The van der Waals surface area contributed by atoms with Gasteiger partial charge in [0.1, 0.15) is 5.75 Å². The van der Waals surface area contributed by atoms with E-state index in [1.54, 1.807) is 6.20 Å². The van der Waals surface area contributed by atoms with E-state index < -0.39 is 0 Å². The van der Waals surface area contributed by atoms with Crippen LogP contribution < -0.4 is 4.74 Å². The third-order valence-corrected chi connectivity index (χ3v) is 4.44. The fourth-order valence-electron chi connectivity index (χ4n) is 3.18. The van der Waals surface area contributed by atoms with E-state index >= 15 is 0 Å². The number of rotatable bonds is 3. The molecule has 0 bridgehead atoms. The lowest BCUT2D eigenvalue weighted by molar-refractivity contribution is 0.0733. The van der Waals surface area contributed by atoms with Crippen LogP contribution in [0.2, 0.25) is 0 Å². The molecule has 0 fully saturated rings. The molecule has 0 radical (unpaired) electrons. The molecule has 0 aliphatic carbocycles. The molecule has 5 nitrogen and oxygen atoms in total. The van der Waals surface area contributed by atoms with Gasteiger partial charge in [0.2, 0.25) is 0 Å². The maximum atomic E-state index is 12.8. The predicted octanol–water partition coefficient (Wildman–Crippen LogP) is 3.23. The van der Waals surface area contributed by atoms with Crippen molar-refractivity contribution in [3.05, 3.63) is 65.5 Å². The number of fused-ring (bicyclic) bond motifs is 2. The standard InChI is InChI=1S/C20H19N3O2/c1-2-25-17-7-5-14(6-8-17)20(24)23-11-9-18-16(13-23)12-15-4-3-10-21-19(15)22-18/h3-8,10,12H,2,9,11,13H2,1H3. The van der Waals surface area contributed by atoms with Crippen LogP contribution in [0.25, 0.3) is 11.0 Å². The summed E-state index contributed by atoms with van der Waals surface area (Å²) in [4.78, 5) is 23.6. The molecule has 3 aromatic rings. The number of ether oxygens (including phenoxy) is 1. The van der Waals surface area contributed by atoms with Crippen LogP contribution in [0.15, 0.2) is 48.7 Å². The van der Waals surface area contributed by atoms with Gasteiger partial charge in [-0.25, -0.2) is 9.97 Å². The lowest BCUT2D eigenvalue weighted by Gasteiger charge is -2.28. The Morgan fingerprint density at radius 2 is 2.08 bits per heavy atom. The Morgan fingerprint density at radius 1 is 1.24 bits per heavy atom. The van der Waals surface area contributed by atoms with E-state index in [0.29, 0.717) is 25.3 Å². The topological polar surface area (TPSA) is 55.3 Å². The largest absolute Gasteiger partial charge is 0.494 e. The summed E-state index contributed by atoms with van der Waals surface area (Å²) >= 11 is 0. The molecular weight excluding hydrogens is 314 g/mol. The van der Waals surface area contributed by atoms with Crippen molar-refractivity contribution in [2.75, 3.05) is 13.2 Å². The summed E-state index contributed by atoms with van der Waals surface area (Å²) in [6, 6.07) is 13.3. The van der Waals surface area contributed by atoms with Gasteiger partial charge in [-0.3, -0.25) is 4.79 Å². The number of carbonyl (C=O) groups is 1. The van der Waals surface area contributed by atoms with Crippen LogP contribution >= 0.6 is 0 Å². The molecular formula is C20H19N3O2. The molecule has 0 unspecified atom stereocenters. The minimum absolute atomic E-state index is 0.0417. The first-order chi connectivity index (χ1) is 12.2. The molecule has 4 rings (SSSR count). The Balaban J connectivity index is 1.56. The van der Waals surface area contributed by atoms with E-state index in [1.165, 1.54) is 0 Å². The number of benzene rings is 1. The van der Waals surface area contributed by atoms with Crippen molar-refractivity contribution in [3.63, 3.8) is 0 Å². The van der Waals surface area contributed by atoms with Gasteiger partial charge < -0.3 is 9.64 Å². The Morgan fingerprint density at radius 3 is 2.88 bits per heavy atom. The van der Waals surface area contributed by atoms with Gasteiger partial charge in [-0.05, 0) is 55.0 Å². The van der Waals surface area contributed by atoms with Crippen molar-refractivity contribution in [2.24, 2.45) is 0 Å². The second-order valence-electron chi connectivity index (χ2n) is 6.08. The van der Waals surface area contributed by atoms with Crippen LogP contribution in [0.1, 0.15) is 28.5 Å². The van der Waals surface area contributed by atoms with E-state index in [-0.39, 0.29) is 5.91 Å². The van der Waals surface area contributed by atoms with Crippen LogP contribution in [0.5, 0.6) is 5.75 Å². The summed E-state index contributed by atoms with van der Waals surface area (Å²) < 4.78 is 5.43. The number of hydrogen-bond acceptors (Lipinski definition) is 4. The predicted molar refractivity (Wildman–Crippen MR) is 95.6 cm³/mol. The molecule has 0 atom stereocenters. The molecule has 1 amide bonds. The second-order valence-corrected chi connectivity index (χ2v) is 6.08. The Kier molecular flexibility index (Phi) is 4.06. The smallest absolute Gasteiger partial charge is 0.254 e. The fraction of sp³-hybridized carbons (Fsp3) is 0.250. The SMILES string of the molecule is CCOc1ccc(C(=O)N2CCc3nc4ncccc4cc3C2)cc1. The molecule has 1 aromatic carbocycles. The van der Waals surface area contributed by atoms with Crippen LogP contribution in [0.4, 0.5) is 0 Å². The number of hydrogen-bond donors (Lipinski definition) is 0. The Labute approximate surface area is 146 Å². The minimum atomic E-state index is 0.0417. The first-order valence-electron chi connectivity index (χ1n) is 8.50. The van der Waals surface area contributed by atoms with E-state index in [4.69, 9.17) is 4.74 Å². The highest BCUT2D eigenvalue weighted by atomic mass is 16.5. The van der Waals surface area contributed by atoms with Gasteiger partial charge in [0, 0.05) is 42.4 Å². The van der Waals surface area contributed by atoms with E-state index in [1.807, 2.05) is 48.2 Å². The van der Waals surface area contributed by atoms with E-state index in [0.717, 1.165) is 34.5 Å². The zero-order valence-electron chi connectivity index (χ0n) is 14.1. The third kappa shape index (κ3) is 3.05. The zero-order chi connectivity index (χ0) is 17.2. The second kappa shape index (κ2) is 6.51. The number of carbonyl (C=O) groups excluding carboxylic acids is 1. The molecule has 3 heterocycles. The van der Waals surface area contributed by atoms with Crippen LogP contribution in [-0.2, 0) is 13.0 Å². The van der Waals surface area contributed by atoms with Gasteiger partial charge >= 0.3 is 0 Å². The first-order valence-corrected chi connectivity index (χ1v) is 8.50. The minimum Gasteiger partial charge on any atom is -0.494 e. The molecule has 0 N–H and O–H groups in total. The normalized spacial score (nSPS) is 13.6. The Hall–Kier alpha value is -2.95. The molecule has 126 valence electrons. The summed E-state index contributed by atoms with van der Waals surface area (Å²) in [7, 11) is 0. The monoisotopic (exact) mass is 333 g/mol. The van der Waals surface area contributed by atoms with Crippen molar-refractivity contribution in [1.82, 2.24) is 14.9 Å². The van der Waals surface area contributed by atoms with Crippen LogP contribution in [-0.4, -0.2) is 33.9 Å². The lowest BCUT2D eigenvalue weighted by atomic mass is 10.0. The maximum absolute atomic E-state index is 12.8. The quantitative estimate of drug-likeness (QED) is 0.738. The molecule has 25 heavy (non-hydrogen) atoms. The average molecular weight is 333 g/mol. The highest BCUT2D eigenvalue weighted by Gasteiger charge is 2.23. The van der Waals surface area contributed by atoms with Gasteiger partial charge in [0.25, 0.3) is 5.91 Å². The van der Waals surface area contributed by atoms with Gasteiger partial charge in [0.05, 0.1) is 6.61 Å². The summed E-state index contributed by atoms with van der Waals surface area (Å²) in [6.07, 6.45) is 2.51. The van der Waals surface area contributed by atoms with Crippen molar-refractivity contribution in [3.8, 4) is 5.75 Å². The molecule has 0 saturated carbocycles.